The number of nitrogens with two attached hydrogens (primary N) is 1. The molecule has 0 fully saturated rings. The summed E-state index contributed by atoms with van der Waals surface area (Å²) < 4.78 is 0. The van der Waals surface area contributed by atoms with Crippen LogP contribution in [0.1, 0.15) is 19.4 Å². The molecule has 82 valence electrons. The highest BCUT2D eigenvalue weighted by atomic mass is 32.2. The standard InChI is InChI=1S/C12H18N2S/c1-12(2,13)8-9-3-4-11-10(7-9)14-5-6-15-11/h3-4,7,14H,5-6,8,13H2,1-2H3. The van der Waals surface area contributed by atoms with E-state index in [9.17, 15) is 0 Å². The summed E-state index contributed by atoms with van der Waals surface area (Å²) in [5.41, 5.74) is 8.48. The molecule has 0 spiro atoms. The van der Waals surface area contributed by atoms with Gasteiger partial charge in [0.15, 0.2) is 0 Å². The predicted molar refractivity (Wildman–Crippen MR) is 67.6 cm³/mol. The van der Waals surface area contributed by atoms with Gasteiger partial charge in [-0.05, 0) is 38.0 Å². The maximum Gasteiger partial charge on any atom is 0.0481 e. The Kier molecular flexibility index (Phi) is 2.94. The molecular weight excluding hydrogens is 204 g/mol. The van der Waals surface area contributed by atoms with Crippen LogP contribution in [0.15, 0.2) is 23.1 Å². The summed E-state index contributed by atoms with van der Waals surface area (Å²) in [6, 6.07) is 6.62. The molecule has 1 aliphatic heterocycles. The fraction of sp³-hybridized carbons (Fsp3) is 0.500. The van der Waals surface area contributed by atoms with Gasteiger partial charge in [-0.3, -0.25) is 0 Å². The highest BCUT2D eigenvalue weighted by Gasteiger charge is 2.14. The van der Waals surface area contributed by atoms with Crippen LogP contribution < -0.4 is 11.1 Å². The average Bonchev–Trinajstić information content (AvgIpc) is 2.15. The smallest absolute Gasteiger partial charge is 0.0481 e. The lowest BCUT2D eigenvalue weighted by Gasteiger charge is -2.22. The Balaban J connectivity index is 2.21. The molecule has 0 atom stereocenters. The number of nitrogens with one attached hydrogen (secondary N) is 1. The zero-order valence-electron chi connectivity index (χ0n) is 9.34. The first-order valence-electron chi connectivity index (χ1n) is 5.33. The van der Waals surface area contributed by atoms with Gasteiger partial charge in [-0.25, -0.2) is 0 Å². The number of thioether (sulfide) groups is 1. The van der Waals surface area contributed by atoms with Crippen LogP contribution >= 0.6 is 11.8 Å². The highest BCUT2D eigenvalue weighted by Crippen LogP contribution is 2.31. The molecule has 0 aliphatic carbocycles. The Hall–Kier alpha value is -0.670. The fourth-order valence-electron chi connectivity index (χ4n) is 1.82. The molecule has 0 amide bonds. The second-order valence-electron chi connectivity index (χ2n) is 4.77. The Bertz CT molecular complexity index is 355. The van der Waals surface area contributed by atoms with Crippen molar-refractivity contribution in [3.05, 3.63) is 23.8 Å². The van der Waals surface area contributed by atoms with Gasteiger partial charge >= 0.3 is 0 Å². The van der Waals surface area contributed by atoms with E-state index in [1.165, 1.54) is 16.1 Å². The van der Waals surface area contributed by atoms with E-state index in [1.54, 1.807) is 0 Å². The van der Waals surface area contributed by atoms with Crippen molar-refractivity contribution in [3.8, 4) is 0 Å². The van der Waals surface area contributed by atoms with E-state index in [0.717, 1.165) is 18.7 Å². The van der Waals surface area contributed by atoms with Gasteiger partial charge in [0, 0.05) is 28.4 Å². The van der Waals surface area contributed by atoms with Crippen LogP contribution in [0.5, 0.6) is 0 Å². The van der Waals surface area contributed by atoms with E-state index < -0.39 is 0 Å². The van der Waals surface area contributed by atoms with Crippen LogP contribution in [-0.2, 0) is 6.42 Å². The second-order valence-corrected chi connectivity index (χ2v) is 5.91. The van der Waals surface area contributed by atoms with Crippen molar-refractivity contribution >= 4 is 17.4 Å². The first kappa shape index (κ1) is 10.8. The van der Waals surface area contributed by atoms with Crippen molar-refractivity contribution in [3.63, 3.8) is 0 Å². The van der Waals surface area contributed by atoms with Gasteiger partial charge in [-0.15, -0.1) is 11.8 Å². The van der Waals surface area contributed by atoms with E-state index in [0.29, 0.717) is 0 Å². The monoisotopic (exact) mass is 222 g/mol. The van der Waals surface area contributed by atoms with Crippen molar-refractivity contribution < 1.29 is 0 Å². The van der Waals surface area contributed by atoms with Crippen LogP contribution in [0.25, 0.3) is 0 Å². The predicted octanol–water partition coefficient (Wildman–Crippen LogP) is 2.48. The van der Waals surface area contributed by atoms with Gasteiger partial charge in [0.2, 0.25) is 0 Å². The zero-order chi connectivity index (χ0) is 10.9. The molecule has 0 radical (unpaired) electrons. The molecule has 0 saturated heterocycles. The largest absolute Gasteiger partial charge is 0.383 e. The number of rotatable bonds is 2. The zero-order valence-corrected chi connectivity index (χ0v) is 10.2. The fourth-order valence-corrected chi connectivity index (χ4v) is 2.70. The van der Waals surface area contributed by atoms with Crippen molar-refractivity contribution in [1.82, 2.24) is 0 Å². The summed E-state index contributed by atoms with van der Waals surface area (Å²) in [7, 11) is 0. The lowest BCUT2D eigenvalue weighted by molar-refractivity contribution is 0.517. The Morgan fingerprint density at radius 2 is 2.27 bits per heavy atom. The quantitative estimate of drug-likeness (QED) is 0.807. The van der Waals surface area contributed by atoms with Crippen molar-refractivity contribution in [2.45, 2.75) is 30.7 Å². The van der Waals surface area contributed by atoms with E-state index in [2.05, 4.69) is 37.4 Å². The van der Waals surface area contributed by atoms with Gasteiger partial charge in [-0.2, -0.15) is 0 Å². The van der Waals surface area contributed by atoms with Crippen molar-refractivity contribution in [2.24, 2.45) is 5.73 Å². The molecule has 3 heteroatoms. The molecule has 1 heterocycles. The summed E-state index contributed by atoms with van der Waals surface area (Å²) in [6.07, 6.45) is 0.923. The highest BCUT2D eigenvalue weighted by molar-refractivity contribution is 7.99. The molecule has 0 bridgehead atoms. The van der Waals surface area contributed by atoms with Crippen LogP contribution in [0.3, 0.4) is 0 Å². The maximum absolute atomic E-state index is 6.02. The lowest BCUT2D eigenvalue weighted by Crippen LogP contribution is -2.34. The first-order valence-corrected chi connectivity index (χ1v) is 6.32. The van der Waals surface area contributed by atoms with Crippen LogP contribution in [0.2, 0.25) is 0 Å². The second kappa shape index (κ2) is 4.06. The average molecular weight is 222 g/mol. The van der Waals surface area contributed by atoms with Crippen LogP contribution in [0.4, 0.5) is 5.69 Å². The van der Waals surface area contributed by atoms with E-state index in [-0.39, 0.29) is 5.54 Å². The third-order valence-electron chi connectivity index (χ3n) is 2.38. The van der Waals surface area contributed by atoms with Gasteiger partial charge in [0.25, 0.3) is 0 Å². The van der Waals surface area contributed by atoms with E-state index in [1.807, 2.05) is 11.8 Å². The minimum absolute atomic E-state index is 0.129. The van der Waals surface area contributed by atoms with Crippen molar-refractivity contribution in [2.75, 3.05) is 17.6 Å². The molecule has 1 aromatic carbocycles. The molecule has 0 unspecified atom stereocenters. The Morgan fingerprint density at radius 1 is 1.47 bits per heavy atom. The number of anilines is 1. The topological polar surface area (TPSA) is 38.0 Å². The molecular formula is C12H18N2S. The summed E-state index contributed by atoms with van der Waals surface area (Å²) in [5, 5.41) is 3.43. The summed E-state index contributed by atoms with van der Waals surface area (Å²) in [5.74, 6) is 1.16. The summed E-state index contributed by atoms with van der Waals surface area (Å²) in [4.78, 5) is 1.36. The molecule has 2 rings (SSSR count). The van der Waals surface area contributed by atoms with Crippen LogP contribution in [-0.4, -0.2) is 17.8 Å². The third-order valence-corrected chi connectivity index (χ3v) is 3.45. The molecule has 15 heavy (non-hydrogen) atoms. The van der Waals surface area contributed by atoms with Crippen molar-refractivity contribution in [1.29, 1.82) is 0 Å². The third kappa shape index (κ3) is 2.89. The molecule has 3 N–H and O–H groups in total. The van der Waals surface area contributed by atoms with Gasteiger partial charge in [0.05, 0.1) is 0 Å². The Morgan fingerprint density at radius 3 is 3.00 bits per heavy atom. The minimum atomic E-state index is -0.129. The number of benzene rings is 1. The summed E-state index contributed by atoms with van der Waals surface area (Å²) >= 11 is 1.92. The Labute approximate surface area is 95.6 Å². The molecule has 0 aromatic heterocycles. The number of fused-ring (bicyclic) bond motifs is 1. The normalized spacial score (nSPS) is 15.7. The molecule has 1 aromatic rings. The van der Waals surface area contributed by atoms with Gasteiger partial charge in [0.1, 0.15) is 0 Å². The van der Waals surface area contributed by atoms with E-state index in [4.69, 9.17) is 5.73 Å². The summed E-state index contributed by atoms with van der Waals surface area (Å²) in [6.45, 7) is 5.19. The van der Waals surface area contributed by atoms with Gasteiger partial charge in [-0.1, -0.05) is 6.07 Å². The maximum atomic E-state index is 6.02. The van der Waals surface area contributed by atoms with E-state index >= 15 is 0 Å². The molecule has 2 nitrogen and oxygen atoms in total. The molecule has 0 saturated carbocycles. The minimum Gasteiger partial charge on any atom is -0.383 e. The SMILES string of the molecule is CC(C)(N)Cc1ccc2c(c1)NCCS2. The number of hydrogen-bond acceptors (Lipinski definition) is 3. The number of hydrogen-bond donors (Lipinski definition) is 2. The lowest BCUT2D eigenvalue weighted by atomic mass is 9.96. The van der Waals surface area contributed by atoms with Crippen LogP contribution in [0, 0.1) is 0 Å². The van der Waals surface area contributed by atoms with Gasteiger partial charge < -0.3 is 11.1 Å². The first-order chi connectivity index (χ1) is 7.04. The molecule has 1 aliphatic rings.